The zero-order chi connectivity index (χ0) is 27.2. The fourth-order valence-corrected chi connectivity index (χ4v) is 13.3. The van der Waals surface area contributed by atoms with Crippen LogP contribution in [0.2, 0.25) is 0 Å². The van der Waals surface area contributed by atoms with Gasteiger partial charge >= 0.3 is 0 Å². The monoisotopic (exact) mass is 521 g/mol. The Labute approximate surface area is 235 Å². The van der Waals surface area contributed by atoms with Gasteiger partial charge in [-0.15, -0.1) is 0 Å². The van der Waals surface area contributed by atoms with Gasteiger partial charge < -0.3 is 0 Å². The molecule has 0 N–H and O–H groups in total. The molecule has 2 aliphatic heterocycles. The summed E-state index contributed by atoms with van der Waals surface area (Å²) < 4.78 is 0. The number of hydrogen-bond donors (Lipinski definition) is 0. The summed E-state index contributed by atoms with van der Waals surface area (Å²) in [5, 5.41) is 6.30. The fraction of sp³-hybridized carbons (Fsp3) is 0.237. The van der Waals surface area contributed by atoms with Crippen LogP contribution in [0.4, 0.5) is 0 Å². The second kappa shape index (κ2) is 8.29. The quantitative estimate of drug-likeness (QED) is 0.305. The summed E-state index contributed by atoms with van der Waals surface area (Å²) in [5.74, 6) is 0. The Morgan fingerprint density at radius 3 is 1.85 bits per heavy atom. The number of allylic oxidation sites excluding steroid dienone is 10. The summed E-state index contributed by atoms with van der Waals surface area (Å²) in [5.41, 5.74) is 11.9. The molecule has 0 saturated carbocycles. The molecular weight excluding hydrogens is 485 g/mol. The molecule has 0 amide bonds. The fourth-order valence-electron chi connectivity index (χ4n) is 7.38. The van der Waals surface area contributed by atoms with Gasteiger partial charge in [0.2, 0.25) is 0 Å². The van der Waals surface area contributed by atoms with E-state index in [4.69, 9.17) is 0 Å². The molecule has 39 heavy (non-hydrogen) atoms. The number of benzene rings is 3. The van der Waals surface area contributed by atoms with Crippen molar-refractivity contribution in [2.75, 3.05) is 0 Å². The van der Waals surface area contributed by atoms with Crippen molar-refractivity contribution < 1.29 is 0 Å². The van der Waals surface area contributed by atoms with Crippen LogP contribution in [0.5, 0.6) is 0 Å². The van der Waals surface area contributed by atoms with Crippen molar-refractivity contribution in [3.05, 3.63) is 153 Å². The van der Waals surface area contributed by atoms with Gasteiger partial charge in [0.25, 0.3) is 0 Å². The van der Waals surface area contributed by atoms with Gasteiger partial charge in [-0.3, -0.25) is 0 Å². The van der Waals surface area contributed by atoms with Gasteiger partial charge in [-0.05, 0) is 82.6 Å². The summed E-state index contributed by atoms with van der Waals surface area (Å²) in [6.07, 6.45) is 10.5. The molecule has 193 valence electrons. The molecule has 0 nitrogen and oxygen atoms in total. The highest BCUT2D eigenvalue weighted by Gasteiger charge is 2.62. The molecule has 2 bridgehead atoms. The zero-order valence-corrected chi connectivity index (χ0v) is 25.0. The van der Waals surface area contributed by atoms with Crippen molar-refractivity contribution in [3.8, 4) is 0 Å². The molecule has 1 radical (unpaired) electrons. The molecule has 0 saturated heterocycles. The highest BCUT2D eigenvalue weighted by molar-refractivity contribution is 7.16. The van der Waals surface area contributed by atoms with Crippen molar-refractivity contribution in [3.63, 3.8) is 0 Å². The first-order chi connectivity index (χ1) is 18.6. The number of fused-ring (bicyclic) bond motifs is 5. The second-order valence-electron chi connectivity index (χ2n) is 13.5. The Morgan fingerprint density at radius 2 is 1.31 bits per heavy atom. The van der Waals surface area contributed by atoms with E-state index < -0.39 is 8.07 Å². The van der Waals surface area contributed by atoms with Crippen LogP contribution in [0.1, 0.15) is 64.7 Å². The molecule has 0 atom stereocenters. The van der Waals surface area contributed by atoms with E-state index in [0.717, 1.165) is 6.42 Å². The van der Waals surface area contributed by atoms with Gasteiger partial charge in [0.15, 0.2) is 8.07 Å². The first-order valence-electron chi connectivity index (χ1n) is 14.4. The molecule has 0 unspecified atom stereocenters. The van der Waals surface area contributed by atoms with Gasteiger partial charge in [0.05, 0.1) is 0 Å². The van der Waals surface area contributed by atoms with Crippen LogP contribution in [0.15, 0.2) is 130 Å². The minimum Gasteiger partial charge on any atom is -0.0801 e. The van der Waals surface area contributed by atoms with E-state index in [-0.39, 0.29) is 10.8 Å². The van der Waals surface area contributed by atoms with Crippen molar-refractivity contribution >= 4 is 24.0 Å². The molecule has 0 fully saturated rings. The van der Waals surface area contributed by atoms with Crippen molar-refractivity contribution in [1.82, 2.24) is 0 Å². The molecule has 3 aromatic rings. The van der Waals surface area contributed by atoms with Gasteiger partial charge in [-0.1, -0.05) is 139 Å². The predicted octanol–water partition coefficient (Wildman–Crippen LogP) is 8.20. The predicted molar refractivity (Wildman–Crippen MR) is 169 cm³/mol. The third-order valence-electron chi connectivity index (χ3n) is 9.03. The summed E-state index contributed by atoms with van der Waals surface area (Å²) in [4.78, 5) is 0. The number of hydrogen-bond acceptors (Lipinski definition) is 0. The lowest BCUT2D eigenvalue weighted by Crippen LogP contribution is -2.70. The molecule has 1 heteroatoms. The molecule has 3 aromatic carbocycles. The van der Waals surface area contributed by atoms with Crippen molar-refractivity contribution in [2.24, 2.45) is 5.41 Å². The standard InChI is InChI=1S/C38H37Si/c1-37(2,3)27-21-22-30-26(23-27)24-31-33(30)32(25-15-13-14-16-25)36-34(38(4,5)6)35(31)39(36,28-17-9-7-10-18-28)29-19-11-8-12-20-29/h7-15,17-24H,16H2,1-6H3. The molecular formula is C38H37Si. The third-order valence-corrected chi connectivity index (χ3v) is 13.9. The van der Waals surface area contributed by atoms with E-state index in [1.54, 1.807) is 16.0 Å². The largest absolute Gasteiger partial charge is 0.181 e. The van der Waals surface area contributed by atoms with E-state index in [9.17, 15) is 0 Å². The molecule has 7 rings (SSSR count). The molecule has 0 aromatic heterocycles. The van der Waals surface area contributed by atoms with Crippen LogP contribution in [-0.2, 0) is 5.41 Å². The van der Waals surface area contributed by atoms with Crippen LogP contribution in [0.25, 0.3) is 5.57 Å². The summed E-state index contributed by atoms with van der Waals surface area (Å²) in [6.45, 7) is 14.2. The maximum absolute atomic E-state index is 2.55. The Bertz CT molecular complexity index is 1630. The topological polar surface area (TPSA) is 0 Å². The van der Waals surface area contributed by atoms with Crippen LogP contribution >= 0.6 is 0 Å². The average molecular weight is 522 g/mol. The van der Waals surface area contributed by atoms with E-state index in [2.05, 4.69) is 145 Å². The van der Waals surface area contributed by atoms with Gasteiger partial charge in [-0.2, -0.15) is 0 Å². The number of rotatable bonds is 3. The first kappa shape index (κ1) is 24.6. The Kier molecular flexibility index (Phi) is 5.23. The first-order valence-corrected chi connectivity index (χ1v) is 16.4. The van der Waals surface area contributed by atoms with Crippen LogP contribution in [0, 0.1) is 11.8 Å². The maximum atomic E-state index is 2.55. The highest BCUT2D eigenvalue weighted by atomic mass is 28.3. The van der Waals surface area contributed by atoms with Crippen LogP contribution in [-0.4, -0.2) is 8.07 Å². The smallest absolute Gasteiger partial charge is 0.0801 e. The normalized spacial score (nSPS) is 19.3. The average Bonchev–Trinajstić information content (AvgIpc) is 3.56. The minimum atomic E-state index is -2.42. The van der Waals surface area contributed by atoms with E-state index in [1.165, 1.54) is 49.4 Å². The van der Waals surface area contributed by atoms with Gasteiger partial charge in [0, 0.05) is 6.42 Å². The molecule has 0 spiro atoms. The Hall–Kier alpha value is -3.42. The van der Waals surface area contributed by atoms with Crippen LogP contribution < -0.4 is 10.4 Å². The van der Waals surface area contributed by atoms with Crippen molar-refractivity contribution in [2.45, 2.75) is 53.4 Å². The summed E-state index contributed by atoms with van der Waals surface area (Å²) >= 11 is 0. The molecule has 2 heterocycles. The molecule has 4 aliphatic rings. The molecule has 2 aliphatic carbocycles. The zero-order valence-electron chi connectivity index (χ0n) is 24.0. The maximum Gasteiger partial charge on any atom is 0.181 e. The van der Waals surface area contributed by atoms with Crippen LogP contribution in [0.3, 0.4) is 0 Å². The minimum absolute atomic E-state index is 0.0558. The summed E-state index contributed by atoms with van der Waals surface area (Å²) in [7, 11) is -2.42. The lowest BCUT2D eigenvalue weighted by atomic mass is 9.76. The lowest BCUT2D eigenvalue weighted by molar-refractivity contribution is 0.506. The van der Waals surface area contributed by atoms with E-state index >= 15 is 0 Å². The Morgan fingerprint density at radius 1 is 0.667 bits per heavy atom. The van der Waals surface area contributed by atoms with Crippen molar-refractivity contribution in [1.29, 1.82) is 0 Å². The van der Waals surface area contributed by atoms with E-state index in [0.29, 0.717) is 0 Å². The van der Waals surface area contributed by atoms with Gasteiger partial charge in [0.1, 0.15) is 0 Å². The second-order valence-corrected chi connectivity index (χ2v) is 17.2. The SMILES string of the molecule is CC(C)(C)C1=C2C3=C(C(C4=CC=CC4)=C1[Si]2(c1ccccc1)c1ccccc1)c1ccc(C(C)(C)C)cc1[CH]3. The van der Waals surface area contributed by atoms with E-state index in [1.807, 2.05) is 0 Å². The summed E-state index contributed by atoms with van der Waals surface area (Å²) in [6, 6.07) is 30.2. The lowest BCUT2D eigenvalue weighted by Gasteiger charge is -2.56. The highest BCUT2D eigenvalue weighted by Crippen LogP contribution is 2.64. The third kappa shape index (κ3) is 3.36. The Balaban J connectivity index is 1.60. The van der Waals surface area contributed by atoms with Gasteiger partial charge in [-0.25, -0.2) is 0 Å².